The molecule has 3 rings (SSSR count). The van der Waals surface area contributed by atoms with E-state index >= 15 is 0 Å². The van der Waals surface area contributed by atoms with Crippen LogP contribution in [0.4, 0.5) is 5.69 Å². The lowest BCUT2D eigenvalue weighted by Gasteiger charge is -2.07. The molecule has 2 aromatic carbocycles. The van der Waals surface area contributed by atoms with Crippen LogP contribution in [-0.4, -0.2) is 24.3 Å². The van der Waals surface area contributed by atoms with Gasteiger partial charge in [-0.2, -0.15) is 0 Å². The van der Waals surface area contributed by atoms with Gasteiger partial charge in [0.05, 0.1) is 15.6 Å². The first-order chi connectivity index (χ1) is 13.0. The summed E-state index contributed by atoms with van der Waals surface area (Å²) >= 11 is 6.95. The Balaban J connectivity index is 1.44. The van der Waals surface area contributed by atoms with Crippen LogP contribution in [0.25, 0.3) is 10.8 Å². The number of Topliss-reactive ketones (excluding diaryl/α,β-unsaturated/α-hetero) is 1. The van der Waals surface area contributed by atoms with Gasteiger partial charge in [0.25, 0.3) is 5.91 Å². The molecule has 1 aromatic heterocycles. The van der Waals surface area contributed by atoms with Crippen LogP contribution in [-0.2, 0) is 14.3 Å². The summed E-state index contributed by atoms with van der Waals surface area (Å²) in [5.41, 5.74) is 0.625. The van der Waals surface area contributed by atoms with Gasteiger partial charge >= 0.3 is 5.97 Å². The van der Waals surface area contributed by atoms with E-state index in [2.05, 4.69) is 5.32 Å². The van der Waals surface area contributed by atoms with E-state index in [-0.39, 0.29) is 18.6 Å². The van der Waals surface area contributed by atoms with Gasteiger partial charge in [-0.3, -0.25) is 14.4 Å². The Bertz CT molecular complexity index is 998. The lowest BCUT2D eigenvalue weighted by atomic mass is 10.1. The van der Waals surface area contributed by atoms with E-state index in [4.69, 9.17) is 16.3 Å². The number of rotatable bonds is 7. The number of carbonyl (C=O) groups excluding carboxylic acids is 3. The maximum atomic E-state index is 11.9. The van der Waals surface area contributed by atoms with Crippen molar-refractivity contribution in [2.24, 2.45) is 0 Å². The highest BCUT2D eigenvalue weighted by atomic mass is 35.5. The third kappa shape index (κ3) is 5.39. The third-order valence-electron chi connectivity index (χ3n) is 3.80. The van der Waals surface area contributed by atoms with E-state index in [1.165, 1.54) is 11.3 Å². The Hall–Kier alpha value is -2.70. The van der Waals surface area contributed by atoms with Crippen LogP contribution in [0.1, 0.15) is 22.5 Å². The van der Waals surface area contributed by atoms with Crippen LogP contribution >= 0.6 is 22.9 Å². The molecule has 0 saturated carbocycles. The van der Waals surface area contributed by atoms with Crippen molar-refractivity contribution in [3.8, 4) is 0 Å². The molecule has 1 heterocycles. The lowest BCUT2D eigenvalue weighted by molar-refractivity contribution is -0.147. The fraction of sp³-hybridized carbons (Fsp3) is 0.150. The Kier molecular flexibility index (Phi) is 6.21. The standard InChI is InChI=1S/C20H16ClNO4S/c21-18-9-8-17(27-18)16(23)7-10-20(25)26-12-19(24)22-15-6-5-13-3-1-2-4-14(13)11-15/h1-6,8-9,11H,7,10,12H2,(H,22,24). The van der Waals surface area contributed by atoms with Crippen LogP contribution in [0.5, 0.6) is 0 Å². The van der Waals surface area contributed by atoms with Gasteiger partial charge in [0.15, 0.2) is 12.4 Å². The molecule has 0 atom stereocenters. The summed E-state index contributed by atoms with van der Waals surface area (Å²) in [6.07, 6.45) is -0.0699. The summed E-state index contributed by atoms with van der Waals surface area (Å²) in [5, 5.41) is 4.75. The topological polar surface area (TPSA) is 72.5 Å². The fourth-order valence-electron chi connectivity index (χ4n) is 2.49. The minimum atomic E-state index is -0.598. The highest BCUT2D eigenvalue weighted by molar-refractivity contribution is 7.18. The molecule has 0 fully saturated rings. The second kappa shape index (κ2) is 8.79. The maximum Gasteiger partial charge on any atom is 0.306 e. The molecule has 1 N–H and O–H groups in total. The number of carbonyl (C=O) groups is 3. The van der Waals surface area contributed by atoms with E-state index in [9.17, 15) is 14.4 Å². The van der Waals surface area contributed by atoms with Gasteiger partial charge in [-0.05, 0) is 35.0 Å². The molecular formula is C20H16ClNO4S. The molecular weight excluding hydrogens is 386 g/mol. The number of ether oxygens (including phenoxy) is 1. The van der Waals surface area contributed by atoms with Crippen molar-refractivity contribution in [1.82, 2.24) is 0 Å². The monoisotopic (exact) mass is 401 g/mol. The average molecular weight is 402 g/mol. The Morgan fingerprint density at radius 1 is 0.963 bits per heavy atom. The van der Waals surface area contributed by atoms with Gasteiger partial charge < -0.3 is 10.1 Å². The van der Waals surface area contributed by atoms with Gasteiger partial charge in [-0.15, -0.1) is 11.3 Å². The summed E-state index contributed by atoms with van der Waals surface area (Å²) in [6, 6.07) is 16.6. The van der Waals surface area contributed by atoms with Crippen LogP contribution in [0.3, 0.4) is 0 Å². The van der Waals surface area contributed by atoms with E-state index in [1.54, 1.807) is 18.2 Å². The molecule has 0 unspecified atom stereocenters. The normalized spacial score (nSPS) is 10.6. The lowest BCUT2D eigenvalue weighted by Crippen LogP contribution is -2.21. The second-order valence-electron chi connectivity index (χ2n) is 5.80. The molecule has 138 valence electrons. The quantitative estimate of drug-likeness (QED) is 0.460. The summed E-state index contributed by atoms with van der Waals surface area (Å²) in [4.78, 5) is 36.1. The molecule has 0 aliphatic carbocycles. The molecule has 27 heavy (non-hydrogen) atoms. The van der Waals surface area contributed by atoms with Gasteiger partial charge in [0, 0.05) is 12.1 Å². The van der Waals surface area contributed by atoms with E-state index < -0.39 is 18.5 Å². The summed E-state index contributed by atoms with van der Waals surface area (Å²) in [6.45, 7) is -0.398. The van der Waals surface area contributed by atoms with Crippen molar-refractivity contribution in [1.29, 1.82) is 0 Å². The summed E-state index contributed by atoms with van der Waals surface area (Å²) in [5.74, 6) is -1.21. The maximum absolute atomic E-state index is 11.9. The van der Waals surface area contributed by atoms with E-state index in [0.29, 0.717) is 14.9 Å². The van der Waals surface area contributed by atoms with Crippen LogP contribution in [0.15, 0.2) is 54.6 Å². The van der Waals surface area contributed by atoms with Gasteiger partial charge in [0.2, 0.25) is 0 Å². The van der Waals surface area contributed by atoms with Crippen molar-refractivity contribution in [2.45, 2.75) is 12.8 Å². The highest BCUT2D eigenvalue weighted by Crippen LogP contribution is 2.23. The van der Waals surface area contributed by atoms with Crippen molar-refractivity contribution in [3.63, 3.8) is 0 Å². The molecule has 7 heteroatoms. The average Bonchev–Trinajstić information content (AvgIpc) is 3.11. The first-order valence-electron chi connectivity index (χ1n) is 8.24. The molecule has 1 amide bonds. The number of hydrogen-bond acceptors (Lipinski definition) is 5. The number of halogens is 1. The number of anilines is 1. The Morgan fingerprint density at radius 3 is 2.48 bits per heavy atom. The number of amides is 1. The summed E-state index contributed by atoms with van der Waals surface area (Å²) in [7, 11) is 0. The van der Waals surface area contributed by atoms with Gasteiger partial charge in [0.1, 0.15) is 0 Å². The number of hydrogen-bond donors (Lipinski definition) is 1. The fourth-order valence-corrected chi connectivity index (χ4v) is 3.50. The zero-order chi connectivity index (χ0) is 19.2. The molecule has 3 aromatic rings. The zero-order valence-corrected chi connectivity index (χ0v) is 15.8. The number of esters is 1. The van der Waals surface area contributed by atoms with Crippen LogP contribution < -0.4 is 5.32 Å². The summed E-state index contributed by atoms with van der Waals surface area (Å²) < 4.78 is 5.45. The first kappa shape index (κ1) is 19.1. The molecule has 0 spiro atoms. The van der Waals surface area contributed by atoms with Crippen molar-refractivity contribution in [2.75, 3.05) is 11.9 Å². The zero-order valence-electron chi connectivity index (χ0n) is 14.2. The first-order valence-corrected chi connectivity index (χ1v) is 9.43. The third-order valence-corrected chi connectivity index (χ3v) is 5.07. The van der Waals surface area contributed by atoms with Crippen molar-refractivity contribution < 1.29 is 19.1 Å². The van der Waals surface area contributed by atoms with Crippen LogP contribution in [0, 0.1) is 0 Å². The number of ketones is 1. The number of thiophene rings is 1. The highest BCUT2D eigenvalue weighted by Gasteiger charge is 2.13. The predicted octanol–water partition coefficient (Wildman–Crippen LogP) is 4.70. The van der Waals surface area contributed by atoms with E-state index in [0.717, 1.165) is 10.8 Å². The minimum Gasteiger partial charge on any atom is -0.456 e. The van der Waals surface area contributed by atoms with Gasteiger partial charge in [-0.1, -0.05) is 41.9 Å². The number of nitrogens with one attached hydrogen (secondary N) is 1. The molecule has 0 aliphatic rings. The number of benzene rings is 2. The molecule has 0 saturated heterocycles. The Labute approximate surface area is 164 Å². The van der Waals surface area contributed by atoms with Crippen LogP contribution in [0.2, 0.25) is 4.34 Å². The SMILES string of the molecule is O=C(COC(=O)CCC(=O)c1ccc(Cl)s1)Nc1ccc2ccccc2c1. The Morgan fingerprint density at radius 2 is 1.74 bits per heavy atom. The minimum absolute atomic E-state index is 0.0158. The van der Waals surface area contributed by atoms with Crippen molar-refractivity contribution in [3.05, 3.63) is 63.8 Å². The van der Waals surface area contributed by atoms with E-state index in [1.807, 2.05) is 36.4 Å². The predicted molar refractivity (Wildman–Crippen MR) is 106 cm³/mol. The number of fused-ring (bicyclic) bond motifs is 1. The smallest absolute Gasteiger partial charge is 0.306 e. The molecule has 0 bridgehead atoms. The van der Waals surface area contributed by atoms with Crippen molar-refractivity contribution >= 4 is 57.1 Å². The molecule has 0 radical (unpaired) electrons. The largest absolute Gasteiger partial charge is 0.456 e. The second-order valence-corrected chi connectivity index (χ2v) is 7.51. The molecule has 0 aliphatic heterocycles. The van der Waals surface area contributed by atoms with Gasteiger partial charge in [-0.25, -0.2) is 0 Å². The molecule has 5 nitrogen and oxygen atoms in total.